The van der Waals surface area contributed by atoms with Gasteiger partial charge in [0.05, 0.1) is 0 Å². The minimum Gasteiger partial charge on any atom is -0.326 e. The van der Waals surface area contributed by atoms with Crippen molar-refractivity contribution in [3.63, 3.8) is 0 Å². The highest BCUT2D eigenvalue weighted by Gasteiger charge is 2.27. The van der Waals surface area contributed by atoms with Gasteiger partial charge in [-0.1, -0.05) is 44.5 Å². The van der Waals surface area contributed by atoms with Crippen LogP contribution in [-0.2, 0) is 0 Å². The van der Waals surface area contributed by atoms with Crippen LogP contribution in [0.4, 0.5) is 0 Å². The fourth-order valence-corrected chi connectivity index (χ4v) is 2.52. The first-order valence-electron chi connectivity index (χ1n) is 7.11. The Morgan fingerprint density at radius 2 is 1.68 bits per heavy atom. The topological polar surface area (TPSA) is 29.3 Å². The average molecular weight is 283 g/mol. The van der Waals surface area contributed by atoms with E-state index < -0.39 is 0 Å². The summed E-state index contributed by atoms with van der Waals surface area (Å²) in [5.41, 5.74) is 7.60. The van der Waals surface area contributed by atoms with Crippen LogP contribution in [0.5, 0.6) is 0 Å². The lowest BCUT2D eigenvalue weighted by Crippen LogP contribution is -2.44. The average Bonchev–Trinajstić information content (AvgIpc) is 2.39. The molecule has 0 saturated carbocycles. The zero-order valence-corrected chi connectivity index (χ0v) is 13.5. The Hall–Kier alpha value is -0.570. The van der Waals surface area contributed by atoms with E-state index in [0.29, 0.717) is 12.0 Å². The van der Waals surface area contributed by atoms with E-state index in [1.165, 1.54) is 5.56 Å². The van der Waals surface area contributed by atoms with Crippen molar-refractivity contribution >= 4 is 11.6 Å². The molecule has 0 aromatic heterocycles. The van der Waals surface area contributed by atoms with E-state index in [1.54, 1.807) is 0 Å². The molecule has 108 valence electrons. The Bertz CT molecular complexity index is 375. The van der Waals surface area contributed by atoms with Crippen LogP contribution in [0.25, 0.3) is 0 Å². The van der Waals surface area contributed by atoms with E-state index in [0.717, 1.165) is 11.4 Å². The van der Waals surface area contributed by atoms with Gasteiger partial charge in [-0.25, -0.2) is 0 Å². The lowest BCUT2D eigenvalue weighted by Gasteiger charge is -2.38. The summed E-state index contributed by atoms with van der Waals surface area (Å²) in [4.78, 5) is 2.39. The van der Waals surface area contributed by atoms with Crippen molar-refractivity contribution in [3.05, 3.63) is 34.9 Å². The first kappa shape index (κ1) is 16.5. The Morgan fingerprint density at radius 1 is 1.16 bits per heavy atom. The van der Waals surface area contributed by atoms with E-state index in [1.807, 2.05) is 12.1 Å². The fourth-order valence-electron chi connectivity index (χ4n) is 2.39. The zero-order valence-electron chi connectivity index (χ0n) is 12.7. The maximum Gasteiger partial charge on any atom is 0.0498 e. The normalized spacial score (nSPS) is 16.7. The van der Waals surface area contributed by atoms with Gasteiger partial charge in [0.15, 0.2) is 0 Å². The molecule has 0 fully saturated rings. The minimum absolute atomic E-state index is 0.132. The second kappa shape index (κ2) is 7.28. The molecule has 0 heterocycles. The van der Waals surface area contributed by atoms with Crippen LogP contribution >= 0.6 is 11.6 Å². The number of nitrogens with zero attached hydrogens (tertiary/aromatic N) is 1. The van der Waals surface area contributed by atoms with Crippen molar-refractivity contribution in [1.82, 2.24) is 4.90 Å². The Kier molecular flexibility index (Phi) is 6.31. The molecule has 3 atom stereocenters. The predicted octanol–water partition coefficient (Wildman–Crippen LogP) is 4.09. The molecule has 3 unspecified atom stereocenters. The third kappa shape index (κ3) is 4.20. The van der Waals surface area contributed by atoms with E-state index >= 15 is 0 Å². The number of hydrogen-bond acceptors (Lipinski definition) is 2. The number of hydrogen-bond donors (Lipinski definition) is 1. The molecule has 0 bridgehead atoms. The molecule has 0 aliphatic rings. The number of benzene rings is 1. The molecule has 0 saturated heterocycles. The van der Waals surface area contributed by atoms with Crippen LogP contribution in [0.3, 0.4) is 0 Å². The van der Waals surface area contributed by atoms with Gasteiger partial charge in [-0.2, -0.15) is 0 Å². The maximum atomic E-state index is 6.35. The van der Waals surface area contributed by atoms with Crippen LogP contribution in [0.1, 0.15) is 45.7 Å². The van der Waals surface area contributed by atoms with Crippen molar-refractivity contribution < 1.29 is 0 Å². The highest BCUT2D eigenvalue weighted by Crippen LogP contribution is 2.28. The molecule has 2 N–H and O–H groups in total. The van der Waals surface area contributed by atoms with Crippen LogP contribution < -0.4 is 5.73 Å². The van der Waals surface area contributed by atoms with Crippen LogP contribution in [0.2, 0.25) is 5.02 Å². The van der Waals surface area contributed by atoms with Gasteiger partial charge in [-0.3, -0.25) is 4.90 Å². The second-order valence-electron chi connectivity index (χ2n) is 5.72. The van der Waals surface area contributed by atoms with Gasteiger partial charge < -0.3 is 5.73 Å². The molecule has 0 aliphatic heterocycles. The first-order valence-corrected chi connectivity index (χ1v) is 7.49. The summed E-state index contributed by atoms with van der Waals surface area (Å²) in [5.74, 6) is 0.601. The fraction of sp³-hybridized carbons (Fsp3) is 0.625. The molecule has 0 amide bonds. The van der Waals surface area contributed by atoms with E-state index in [9.17, 15) is 0 Å². The summed E-state index contributed by atoms with van der Waals surface area (Å²) in [6.45, 7) is 8.90. The van der Waals surface area contributed by atoms with Crippen LogP contribution in [-0.4, -0.2) is 24.0 Å². The summed E-state index contributed by atoms with van der Waals surface area (Å²) < 4.78 is 0. The summed E-state index contributed by atoms with van der Waals surface area (Å²) >= 11 is 5.98. The molecular weight excluding hydrogens is 256 g/mol. The predicted molar refractivity (Wildman–Crippen MR) is 84.5 cm³/mol. The largest absolute Gasteiger partial charge is 0.326 e. The highest BCUT2D eigenvalue weighted by atomic mass is 35.5. The SMILES string of the molecule is CCC(N)C(c1ccc(Cl)cc1)N(C)C(C)C(C)C. The van der Waals surface area contributed by atoms with Crippen LogP contribution in [0.15, 0.2) is 24.3 Å². The Balaban J connectivity index is 3.04. The number of rotatable bonds is 6. The molecule has 1 aromatic rings. The van der Waals surface area contributed by atoms with Gasteiger partial charge in [0.1, 0.15) is 0 Å². The van der Waals surface area contributed by atoms with Gasteiger partial charge in [0, 0.05) is 23.1 Å². The van der Waals surface area contributed by atoms with Gasteiger partial charge in [-0.05, 0) is 44.0 Å². The molecule has 19 heavy (non-hydrogen) atoms. The first-order chi connectivity index (χ1) is 8.88. The third-order valence-electron chi connectivity index (χ3n) is 4.13. The smallest absolute Gasteiger partial charge is 0.0498 e. The van der Waals surface area contributed by atoms with Crippen LogP contribution in [0, 0.1) is 5.92 Å². The monoisotopic (exact) mass is 282 g/mol. The molecular formula is C16H27ClN2. The molecule has 0 aliphatic carbocycles. The van der Waals surface area contributed by atoms with Crippen molar-refractivity contribution in [2.75, 3.05) is 7.05 Å². The quantitative estimate of drug-likeness (QED) is 0.851. The van der Waals surface area contributed by atoms with Gasteiger partial charge in [-0.15, -0.1) is 0 Å². The number of nitrogens with two attached hydrogens (primary N) is 1. The van der Waals surface area contributed by atoms with Gasteiger partial charge in [0.2, 0.25) is 0 Å². The Labute approximate surface area is 122 Å². The standard InChI is InChI=1S/C16H27ClN2/c1-6-15(18)16(19(5)12(4)11(2)3)13-7-9-14(17)10-8-13/h7-12,15-16H,6,18H2,1-5H3. The number of halogens is 1. The highest BCUT2D eigenvalue weighted by molar-refractivity contribution is 6.30. The lowest BCUT2D eigenvalue weighted by atomic mass is 9.93. The molecule has 1 aromatic carbocycles. The minimum atomic E-state index is 0.132. The molecule has 2 nitrogen and oxygen atoms in total. The van der Waals surface area contributed by atoms with E-state index in [2.05, 4.69) is 51.8 Å². The van der Waals surface area contributed by atoms with Crippen molar-refractivity contribution in [2.45, 2.75) is 52.2 Å². The second-order valence-corrected chi connectivity index (χ2v) is 6.16. The summed E-state index contributed by atoms with van der Waals surface area (Å²) in [5, 5.41) is 0.770. The van der Waals surface area contributed by atoms with Crippen molar-refractivity contribution in [1.29, 1.82) is 0 Å². The zero-order chi connectivity index (χ0) is 14.6. The lowest BCUT2D eigenvalue weighted by molar-refractivity contribution is 0.127. The van der Waals surface area contributed by atoms with Gasteiger partial charge >= 0.3 is 0 Å². The molecule has 1 rings (SSSR count). The summed E-state index contributed by atoms with van der Waals surface area (Å²) in [6, 6.07) is 8.92. The maximum absolute atomic E-state index is 6.35. The summed E-state index contributed by atoms with van der Waals surface area (Å²) in [6.07, 6.45) is 0.961. The molecule has 0 radical (unpaired) electrons. The molecule has 0 spiro atoms. The van der Waals surface area contributed by atoms with Crippen molar-refractivity contribution in [3.8, 4) is 0 Å². The van der Waals surface area contributed by atoms with E-state index in [4.69, 9.17) is 17.3 Å². The number of likely N-dealkylation sites (N-methyl/N-ethyl adjacent to an activating group) is 1. The summed E-state index contributed by atoms with van der Waals surface area (Å²) in [7, 11) is 2.17. The third-order valence-corrected chi connectivity index (χ3v) is 4.39. The van der Waals surface area contributed by atoms with Crippen molar-refractivity contribution in [2.24, 2.45) is 11.7 Å². The van der Waals surface area contributed by atoms with E-state index in [-0.39, 0.29) is 12.1 Å². The Morgan fingerprint density at radius 3 is 2.11 bits per heavy atom. The molecule has 3 heteroatoms. The van der Waals surface area contributed by atoms with Gasteiger partial charge in [0.25, 0.3) is 0 Å².